The maximum Gasteiger partial charge on any atom is 0.306 e. The molecule has 0 aromatic rings. The molecule has 0 radical (unpaired) electrons. The Hall–Kier alpha value is -2.11. The van der Waals surface area contributed by atoms with Crippen LogP contribution in [0.5, 0.6) is 0 Å². The molecule has 0 fully saturated rings. The number of carbonyl (C=O) groups excluding carboxylic acids is 3. The highest BCUT2D eigenvalue weighted by atomic mass is 16.6. The van der Waals surface area contributed by atoms with Gasteiger partial charge in [-0.05, 0) is 70.6 Å². The van der Waals surface area contributed by atoms with Crippen LogP contribution in [0.1, 0.15) is 393 Å². The van der Waals surface area contributed by atoms with Crippen molar-refractivity contribution in [1.29, 1.82) is 0 Å². The number of allylic oxidation sites excluding steroid dienone is 4. The van der Waals surface area contributed by atoms with E-state index < -0.39 is 6.10 Å². The highest BCUT2D eigenvalue weighted by Gasteiger charge is 2.19. The topological polar surface area (TPSA) is 78.9 Å². The minimum Gasteiger partial charge on any atom is -0.462 e. The maximum atomic E-state index is 12.9. The molecule has 0 spiro atoms. The van der Waals surface area contributed by atoms with Gasteiger partial charge in [0.25, 0.3) is 0 Å². The van der Waals surface area contributed by atoms with E-state index >= 15 is 0 Å². The summed E-state index contributed by atoms with van der Waals surface area (Å²) in [7, 11) is 0. The molecule has 0 saturated carbocycles. The fourth-order valence-electron chi connectivity index (χ4n) is 10.7. The predicted octanol–water partition coefficient (Wildman–Crippen LogP) is 23.8. The first-order valence-electron chi connectivity index (χ1n) is 34.8. The molecule has 1 unspecified atom stereocenters. The van der Waals surface area contributed by atoms with Crippen molar-refractivity contribution in [1.82, 2.24) is 0 Å². The van der Waals surface area contributed by atoms with Crippen molar-refractivity contribution in [3.05, 3.63) is 24.3 Å². The van der Waals surface area contributed by atoms with Crippen molar-refractivity contribution < 1.29 is 28.6 Å². The van der Waals surface area contributed by atoms with Gasteiger partial charge in [0.1, 0.15) is 13.2 Å². The number of rotatable bonds is 65. The number of carbonyl (C=O) groups is 3. The summed E-state index contributed by atoms with van der Waals surface area (Å²) in [5.74, 6) is -0.854. The second kappa shape index (κ2) is 66.4. The van der Waals surface area contributed by atoms with Crippen LogP contribution in [0.2, 0.25) is 0 Å². The molecule has 0 N–H and O–H groups in total. The van der Waals surface area contributed by atoms with Crippen molar-refractivity contribution in [2.24, 2.45) is 0 Å². The van der Waals surface area contributed by atoms with E-state index in [2.05, 4.69) is 45.1 Å². The lowest BCUT2D eigenvalue weighted by atomic mass is 10.0. The highest BCUT2D eigenvalue weighted by Crippen LogP contribution is 2.18. The maximum absolute atomic E-state index is 12.9. The lowest BCUT2D eigenvalue weighted by molar-refractivity contribution is -0.167. The Bertz CT molecular complexity index is 1240. The monoisotopic (exact) mass is 1080 g/mol. The molecule has 6 heteroatoms. The highest BCUT2D eigenvalue weighted by molar-refractivity contribution is 5.71. The first-order chi connectivity index (χ1) is 38.0. The third-order valence-electron chi connectivity index (χ3n) is 15.9. The minimum absolute atomic E-state index is 0.0704. The average molecular weight is 1080 g/mol. The van der Waals surface area contributed by atoms with Gasteiger partial charge in [-0.2, -0.15) is 0 Å². The molecule has 0 aliphatic heterocycles. The number of hydrogen-bond donors (Lipinski definition) is 0. The van der Waals surface area contributed by atoms with Crippen molar-refractivity contribution in [3.8, 4) is 0 Å². The SMILES string of the molecule is CCCCCCCC/C=C\CCCCCCCC(=O)OCC(COC(=O)CCCCCCCCCCCCCCCCCCCCCCCCCCCC)OC(=O)CCCCCCCCC/C=C\CCCCCCCCC. The zero-order chi connectivity index (χ0) is 55.7. The van der Waals surface area contributed by atoms with Crippen LogP contribution in [-0.4, -0.2) is 37.2 Å². The summed E-state index contributed by atoms with van der Waals surface area (Å²) in [5, 5.41) is 0. The Balaban J connectivity index is 4.24. The Morgan fingerprint density at radius 1 is 0.247 bits per heavy atom. The zero-order valence-corrected chi connectivity index (χ0v) is 52.3. The number of ether oxygens (including phenoxy) is 3. The van der Waals surface area contributed by atoms with Crippen LogP contribution in [0.25, 0.3) is 0 Å². The normalized spacial score (nSPS) is 12.1. The largest absolute Gasteiger partial charge is 0.462 e. The van der Waals surface area contributed by atoms with Crippen LogP contribution in [0, 0.1) is 0 Å². The second-order valence-corrected chi connectivity index (χ2v) is 23.8. The number of unbranched alkanes of at least 4 members (excludes halogenated alkanes) is 50. The van der Waals surface area contributed by atoms with E-state index in [0.29, 0.717) is 19.3 Å². The summed E-state index contributed by atoms with van der Waals surface area (Å²) < 4.78 is 17.0. The molecule has 77 heavy (non-hydrogen) atoms. The molecule has 0 aromatic heterocycles. The first kappa shape index (κ1) is 74.9. The standard InChI is InChI=1S/C71H134O6/c1-4-7-10-13-16-19-22-25-28-30-32-33-34-35-36-37-38-39-41-43-46-49-52-55-58-61-64-70(73)76-67-68(66-75-69(72)63-60-57-54-51-48-45-42-27-24-21-18-15-12-9-6-3)77-71(74)65-62-59-56-53-50-47-44-40-31-29-26-23-20-17-14-11-8-5-2/h27,29,31,42,68H,4-26,28,30,32-41,43-67H2,1-3H3/b31-29-,42-27-. The lowest BCUT2D eigenvalue weighted by Gasteiger charge is -2.18. The summed E-state index contributed by atoms with van der Waals surface area (Å²) in [6.45, 7) is 6.70. The van der Waals surface area contributed by atoms with Gasteiger partial charge >= 0.3 is 17.9 Å². The first-order valence-corrected chi connectivity index (χ1v) is 34.8. The Morgan fingerprint density at radius 2 is 0.429 bits per heavy atom. The van der Waals surface area contributed by atoms with E-state index in [1.54, 1.807) is 0 Å². The zero-order valence-electron chi connectivity index (χ0n) is 52.3. The predicted molar refractivity (Wildman–Crippen MR) is 335 cm³/mol. The van der Waals surface area contributed by atoms with E-state index in [1.807, 2.05) is 0 Å². The molecule has 454 valence electrons. The Labute approximate surface area is 481 Å². The van der Waals surface area contributed by atoms with Gasteiger partial charge in [-0.3, -0.25) is 14.4 Å². The third-order valence-corrected chi connectivity index (χ3v) is 15.9. The van der Waals surface area contributed by atoms with Gasteiger partial charge in [-0.15, -0.1) is 0 Å². The molecule has 0 aromatic carbocycles. The summed E-state index contributed by atoms with van der Waals surface area (Å²) in [5.41, 5.74) is 0. The lowest BCUT2D eigenvalue weighted by Crippen LogP contribution is -2.30. The molecule has 0 aliphatic carbocycles. The number of esters is 3. The molecule has 0 bridgehead atoms. The molecule has 6 nitrogen and oxygen atoms in total. The van der Waals surface area contributed by atoms with Crippen molar-refractivity contribution in [3.63, 3.8) is 0 Å². The number of hydrogen-bond acceptors (Lipinski definition) is 6. The fourth-order valence-corrected chi connectivity index (χ4v) is 10.7. The summed E-state index contributed by atoms with van der Waals surface area (Å²) >= 11 is 0. The van der Waals surface area contributed by atoms with Crippen LogP contribution in [-0.2, 0) is 28.6 Å². The molecule has 0 saturated heterocycles. The van der Waals surface area contributed by atoms with Crippen LogP contribution in [0.4, 0.5) is 0 Å². The summed E-state index contributed by atoms with van der Waals surface area (Å²) in [6.07, 6.45) is 80.6. The minimum atomic E-state index is -0.775. The Kier molecular flexibility index (Phi) is 64.6. The summed E-state index contributed by atoms with van der Waals surface area (Å²) in [4.78, 5) is 38.4. The van der Waals surface area contributed by atoms with E-state index in [9.17, 15) is 14.4 Å². The quantitative estimate of drug-likeness (QED) is 0.0261. The van der Waals surface area contributed by atoms with Crippen LogP contribution in [0.15, 0.2) is 24.3 Å². The molecule has 0 amide bonds. The van der Waals surface area contributed by atoms with E-state index in [4.69, 9.17) is 14.2 Å². The van der Waals surface area contributed by atoms with Crippen LogP contribution >= 0.6 is 0 Å². The molecular formula is C71H134O6. The van der Waals surface area contributed by atoms with E-state index in [0.717, 1.165) is 64.2 Å². The van der Waals surface area contributed by atoms with Crippen molar-refractivity contribution in [2.75, 3.05) is 13.2 Å². The van der Waals surface area contributed by atoms with Crippen LogP contribution < -0.4 is 0 Å². The van der Waals surface area contributed by atoms with Crippen molar-refractivity contribution in [2.45, 2.75) is 399 Å². The molecular weight excluding hydrogens is 949 g/mol. The fraction of sp³-hybridized carbons (Fsp3) is 0.901. The van der Waals surface area contributed by atoms with Crippen molar-refractivity contribution >= 4 is 17.9 Å². The Morgan fingerprint density at radius 3 is 0.649 bits per heavy atom. The summed E-state index contributed by atoms with van der Waals surface area (Å²) in [6, 6.07) is 0. The average Bonchev–Trinajstić information content (AvgIpc) is 3.43. The van der Waals surface area contributed by atoms with E-state index in [1.165, 1.54) is 289 Å². The molecule has 0 aliphatic rings. The smallest absolute Gasteiger partial charge is 0.306 e. The molecule has 0 rings (SSSR count). The van der Waals surface area contributed by atoms with Gasteiger partial charge in [-0.25, -0.2) is 0 Å². The molecule has 1 atom stereocenters. The van der Waals surface area contributed by atoms with Gasteiger partial charge in [-0.1, -0.05) is 328 Å². The third kappa shape index (κ3) is 64.6. The van der Waals surface area contributed by atoms with Crippen LogP contribution in [0.3, 0.4) is 0 Å². The van der Waals surface area contributed by atoms with E-state index in [-0.39, 0.29) is 31.1 Å². The van der Waals surface area contributed by atoms with Gasteiger partial charge in [0.15, 0.2) is 6.10 Å². The van der Waals surface area contributed by atoms with Gasteiger partial charge in [0, 0.05) is 19.3 Å². The second-order valence-electron chi connectivity index (χ2n) is 23.8. The van der Waals surface area contributed by atoms with Gasteiger partial charge in [0.2, 0.25) is 0 Å². The van der Waals surface area contributed by atoms with Gasteiger partial charge < -0.3 is 14.2 Å². The van der Waals surface area contributed by atoms with Gasteiger partial charge in [0.05, 0.1) is 0 Å². The molecule has 0 heterocycles.